The lowest BCUT2D eigenvalue weighted by atomic mass is 10.1. The van der Waals surface area contributed by atoms with E-state index in [1.54, 1.807) is 29.8 Å². The number of aliphatic carboxylic acids is 1. The molecule has 152 valence electrons. The van der Waals surface area contributed by atoms with Crippen LogP contribution >= 0.6 is 0 Å². The number of rotatable bonds is 4. The number of hydrogen-bond donors (Lipinski definition) is 1. The lowest BCUT2D eigenvalue weighted by Crippen LogP contribution is -2.50. The molecule has 0 aromatic carbocycles. The summed E-state index contributed by atoms with van der Waals surface area (Å²) in [4.78, 5) is 38.6. The summed E-state index contributed by atoms with van der Waals surface area (Å²) in [5.41, 5.74) is 0.501. The van der Waals surface area contributed by atoms with Crippen LogP contribution in [0.1, 0.15) is 23.8 Å². The fraction of sp³-hybridized carbons (Fsp3) is 0.600. The average Bonchev–Trinajstić information content (AvgIpc) is 3.00. The molecule has 0 saturated carbocycles. The van der Waals surface area contributed by atoms with Crippen molar-refractivity contribution in [1.29, 1.82) is 0 Å². The lowest BCUT2D eigenvalue weighted by Gasteiger charge is -2.35. The monoisotopic (exact) mass is 395 g/mol. The summed E-state index contributed by atoms with van der Waals surface area (Å²) >= 11 is 0. The van der Waals surface area contributed by atoms with Crippen molar-refractivity contribution in [3.05, 3.63) is 18.2 Å². The summed E-state index contributed by atoms with van der Waals surface area (Å²) < 4.78 is 43.7. The van der Waals surface area contributed by atoms with Crippen molar-refractivity contribution in [3.63, 3.8) is 0 Å². The molecule has 1 atom stereocenters. The lowest BCUT2D eigenvalue weighted by molar-refractivity contribution is -0.192. The molecule has 1 saturated heterocycles. The summed E-state index contributed by atoms with van der Waals surface area (Å²) in [5, 5.41) is 7.12. The highest BCUT2D eigenvalue weighted by atomic mass is 19.4. The first-order valence-electron chi connectivity index (χ1n) is 7.88. The summed E-state index contributed by atoms with van der Waals surface area (Å²) in [7, 11) is 1.76. The summed E-state index contributed by atoms with van der Waals surface area (Å²) in [6, 6.07) is -0.287. The van der Waals surface area contributed by atoms with Crippen LogP contribution in [0, 0.1) is 0 Å². The Labute approximate surface area is 152 Å². The zero-order valence-corrected chi connectivity index (χ0v) is 14.7. The predicted octanol–water partition coefficient (Wildman–Crippen LogP) is 0.848. The van der Waals surface area contributed by atoms with E-state index in [4.69, 9.17) is 19.4 Å². The number of nitrogens with zero attached hydrogens (tertiary/aromatic N) is 3. The summed E-state index contributed by atoms with van der Waals surface area (Å²) in [5.74, 6) is -3.21. The molecule has 2 rings (SSSR count). The van der Waals surface area contributed by atoms with Crippen molar-refractivity contribution in [2.75, 3.05) is 26.4 Å². The van der Waals surface area contributed by atoms with Gasteiger partial charge in [-0.1, -0.05) is 0 Å². The molecular weight excluding hydrogens is 375 g/mol. The SMILES string of the molecule is CCOC(=O)CC1COCCN1C(=O)c1cncn1C.O=C(O)C(F)(F)F. The van der Waals surface area contributed by atoms with E-state index < -0.39 is 12.1 Å². The zero-order valence-electron chi connectivity index (χ0n) is 14.7. The zero-order chi connectivity index (χ0) is 20.6. The number of alkyl halides is 3. The van der Waals surface area contributed by atoms with Crippen LogP contribution in [0.25, 0.3) is 0 Å². The number of morpholine rings is 1. The van der Waals surface area contributed by atoms with E-state index in [1.165, 1.54) is 6.20 Å². The van der Waals surface area contributed by atoms with E-state index in [2.05, 4.69) is 4.98 Å². The summed E-state index contributed by atoms with van der Waals surface area (Å²) in [6.45, 7) is 3.38. The Kier molecular flexibility index (Phi) is 8.22. The number of carboxylic acid groups (broad SMARTS) is 1. The molecule has 0 aliphatic carbocycles. The standard InChI is InChI=1S/C13H19N3O4.C2HF3O2/c1-3-20-12(17)6-10-8-19-5-4-16(10)13(18)11-7-14-9-15(11)2;3-2(4,5)1(6)7/h7,9-10H,3-6,8H2,1-2H3;(H,6,7). The number of imidazole rings is 1. The Hall–Kier alpha value is -2.63. The number of aryl methyl sites for hydroxylation is 1. The highest BCUT2D eigenvalue weighted by molar-refractivity contribution is 5.93. The van der Waals surface area contributed by atoms with Gasteiger partial charge in [0, 0.05) is 13.6 Å². The Balaban J connectivity index is 0.000000445. The molecule has 1 N–H and O–H groups in total. The van der Waals surface area contributed by atoms with Crippen LogP contribution in [0.2, 0.25) is 0 Å². The average molecular weight is 395 g/mol. The van der Waals surface area contributed by atoms with Gasteiger partial charge in [-0.05, 0) is 6.92 Å². The topological polar surface area (TPSA) is 111 Å². The first-order valence-corrected chi connectivity index (χ1v) is 7.88. The van der Waals surface area contributed by atoms with Crippen LogP contribution in [0.3, 0.4) is 0 Å². The van der Waals surface area contributed by atoms with E-state index in [0.29, 0.717) is 32.1 Å². The molecule has 1 fully saturated rings. The molecule has 1 aliphatic heterocycles. The summed E-state index contributed by atoms with van der Waals surface area (Å²) in [6.07, 6.45) is -1.83. The maximum absolute atomic E-state index is 12.5. The molecule has 1 amide bonds. The fourth-order valence-corrected chi connectivity index (χ4v) is 2.21. The minimum atomic E-state index is -5.08. The fourth-order valence-electron chi connectivity index (χ4n) is 2.21. The van der Waals surface area contributed by atoms with Crippen LogP contribution < -0.4 is 0 Å². The van der Waals surface area contributed by atoms with Gasteiger partial charge in [0.25, 0.3) is 5.91 Å². The molecule has 27 heavy (non-hydrogen) atoms. The van der Waals surface area contributed by atoms with E-state index in [1.807, 2.05) is 0 Å². The maximum atomic E-state index is 12.5. The quantitative estimate of drug-likeness (QED) is 0.753. The number of esters is 1. The van der Waals surface area contributed by atoms with Crippen molar-refractivity contribution in [2.45, 2.75) is 25.6 Å². The highest BCUT2D eigenvalue weighted by Gasteiger charge is 2.38. The van der Waals surface area contributed by atoms with Crippen LogP contribution in [0.4, 0.5) is 13.2 Å². The van der Waals surface area contributed by atoms with Crippen molar-refractivity contribution in [2.24, 2.45) is 7.05 Å². The second-order valence-electron chi connectivity index (χ2n) is 5.43. The van der Waals surface area contributed by atoms with Crippen LogP contribution in [0.5, 0.6) is 0 Å². The second-order valence-corrected chi connectivity index (χ2v) is 5.43. The third-order valence-electron chi connectivity index (χ3n) is 3.47. The van der Waals surface area contributed by atoms with Gasteiger partial charge in [0.15, 0.2) is 0 Å². The first kappa shape index (κ1) is 22.4. The van der Waals surface area contributed by atoms with Crippen molar-refractivity contribution >= 4 is 17.8 Å². The number of carboxylic acids is 1. The van der Waals surface area contributed by atoms with Gasteiger partial charge in [-0.2, -0.15) is 13.2 Å². The van der Waals surface area contributed by atoms with Crippen molar-refractivity contribution < 1.29 is 42.1 Å². The Bertz CT molecular complexity index is 661. The van der Waals surface area contributed by atoms with Gasteiger partial charge < -0.3 is 24.0 Å². The Morgan fingerprint density at radius 2 is 2.04 bits per heavy atom. The Morgan fingerprint density at radius 3 is 2.52 bits per heavy atom. The van der Waals surface area contributed by atoms with Gasteiger partial charge in [0.1, 0.15) is 5.69 Å². The number of hydrogen-bond acceptors (Lipinski definition) is 6. The molecule has 9 nitrogen and oxygen atoms in total. The number of ether oxygens (including phenoxy) is 2. The van der Waals surface area contributed by atoms with E-state index >= 15 is 0 Å². The molecule has 0 spiro atoms. The largest absolute Gasteiger partial charge is 0.490 e. The number of carbonyl (C=O) groups excluding carboxylic acids is 2. The maximum Gasteiger partial charge on any atom is 0.490 e. The molecule has 12 heteroatoms. The van der Waals surface area contributed by atoms with Gasteiger partial charge in [-0.15, -0.1) is 0 Å². The Morgan fingerprint density at radius 1 is 1.41 bits per heavy atom. The number of halogens is 3. The van der Waals surface area contributed by atoms with E-state index in [9.17, 15) is 22.8 Å². The molecule has 0 bridgehead atoms. The van der Waals surface area contributed by atoms with Crippen molar-refractivity contribution in [1.82, 2.24) is 14.5 Å². The highest BCUT2D eigenvalue weighted by Crippen LogP contribution is 2.15. The molecular formula is C15H20F3N3O6. The van der Waals surface area contributed by atoms with Gasteiger partial charge in [0.05, 0.1) is 44.8 Å². The van der Waals surface area contributed by atoms with E-state index in [0.717, 1.165) is 0 Å². The van der Waals surface area contributed by atoms with Gasteiger partial charge in [-0.3, -0.25) is 9.59 Å². The van der Waals surface area contributed by atoms with E-state index in [-0.39, 0.29) is 24.3 Å². The molecule has 2 heterocycles. The number of aromatic nitrogens is 2. The van der Waals surface area contributed by atoms with Crippen LogP contribution in [0.15, 0.2) is 12.5 Å². The first-order chi connectivity index (χ1) is 12.6. The minimum absolute atomic E-state index is 0.136. The van der Waals surface area contributed by atoms with Crippen LogP contribution in [-0.2, 0) is 26.1 Å². The van der Waals surface area contributed by atoms with Gasteiger partial charge in [0.2, 0.25) is 0 Å². The third kappa shape index (κ3) is 6.89. The van der Waals surface area contributed by atoms with Crippen molar-refractivity contribution in [3.8, 4) is 0 Å². The third-order valence-corrected chi connectivity index (χ3v) is 3.47. The molecule has 1 aromatic heterocycles. The number of amides is 1. The normalized spacial score (nSPS) is 16.9. The van der Waals surface area contributed by atoms with Crippen LogP contribution in [-0.4, -0.2) is 76.0 Å². The molecule has 0 radical (unpaired) electrons. The molecule has 1 unspecified atom stereocenters. The smallest absolute Gasteiger partial charge is 0.475 e. The second kappa shape index (κ2) is 9.90. The molecule has 1 aromatic rings. The van der Waals surface area contributed by atoms with Gasteiger partial charge in [-0.25, -0.2) is 9.78 Å². The molecule has 1 aliphatic rings. The minimum Gasteiger partial charge on any atom is -0.475 e. The number of carbonyl (C=O) groups is 3. The van der Waals surface area contributed by atoms with Gasteiger partial charge >= 0.3 is 18.1 Å². The predicted molar refractivity (Wildman–Crippen MR) is 83.8 cm³/mol.